The number of imidazole rings is 1. The molecular weight excluding hydrogens is 231 g/mol. The fourth-order valence-corrected chi connectivity index (χ4v) is 1.74. The van der Waals surface area contributed by atoms with E-state index in [4.69, 9.17) is 23.2 Å². The summed E-state index contributed by atoms with van der Waals surface area (Å²) in [6.07, 6.45) is 3.56. The van der Waals surface area contributed by atoms with Crippen molar-refractivity contribution in [2.45, 2.75) is 12.4 Å². The van der Waals surface area contributed by atoms with Gasteiger partial charge in [-0.2, -0.15) is 0 Å². The lowest BCUT2D eigenvalue weighted by Crippen LogP contribution is -2.01. The molecule has 2 nitrogen and oxygen atoms in total. The van der Waals surface area contributed by atoms with E-state index in [2.05, 4.69) is 4.98 Å². The number of halogens is 2. The van der Waals surface area contributed by atoms with E-state index in [1.54, 1.807) is 12.5 Å². The van der Waals surface area contributed by atoms with Gasteiger partial charge >= 0.3 is 0 Å². The van der Waals surface area contributed by atoms with Gasteiger partial charge in [-0.1, -0.05) is 23.7 Å². The standard InChI is InChI=1S/C11H10Cl2N2/c12-5-11-6-14-8-15(11)7-9-1-3-10(13)4-2-9/h1-4,6,8H,5,7H2. The van der Waals surface area contributed by atoms with Gasteiger partial charge in [0.2, 0.25) is 0 Å². The molecule has 2 aromatic rings. The molecule has 78 valence electrons. The van der Waals surface area contributed by atoms with Gasteiger partial charge in [-0.05, 0) is 17.7 Å². The molecule has 0 atom stereocenters. The number of hydrogen-bond acceptors (Lipinski definition) is 1. The van der Waals surface area contributed by atoms with Gasteiger partial charge in [0.1, 0.15) is 0 Å². The van der Waals surface area contributed by atoms with Crippen molar-refractivity contribution >= 4 is 23.2 Å². The first-order chi connectivity index (χ1) is 7.29. The van der Waals surface area contributed by atoms with Crippen molar-refractivity contribution in [3.63, 3.8) is 0 Å². The molecule has 15 heavy (non-hydrogen) atoms. The van der Waals surface area contributed by atoms with Gasteiger partial charge in [0.15, 0.2) is 0 Å². The van der Waals surface area contributed by atoms with E-state index in [1.807, 2.05) is 28.8 Å². The van der Waals surface area contributed by atoms with Crippen LogP contribution in [-0.2, 0) is 12.4 Å². The summed E-state index contributed by atoms with van der Waals surface area (Å²) in [6.45, 7) is 0.777. The van der Waals surface area contributed by atoms with Crippen LogP contribution in [0.3, 0.4) is 0 Å². The molecule has 1 aromatic carbocycles. The highest BCUT2D eigenvalue weighted by atomic mass is 35.5. The van der Waals surface area contributed by atoms with E-state index in [9.17, 15) is 0 Å². The van der Waals surface area contributed by atoms with Crippen LogP contribution in [0.25, 0.3) is 0 Å². The second-order valence-corrected chi connectivity index (χ2v) is 3.98. The van der Waals surface area contributed by atoms with E-state index in [-0.39, 0.29) is 0 Å². The van der Waals surface area contributed by atoms with Crippen LogP contribution in [0.15, 0.2) is 36.8 Å². The Kier molecular flexibility index (Phi) is 3.29. The lowest BCUT2D eigenvalue weighted by atomic mass is 10.2. The second-order valence-electron chi connectivity index (χ2n) is 3.27. The van der Waals surface area contributed by atoms with Gasteiger partial charge in [-0.25, -0.2) is 4.98 Å². The molecule has 0 fully saturated rings. The zero-order valence-electron chi connectivity index (χ0n) is 8.03. The number of rotatable bonds is 3. The normalized spacial score (nSPS) is 10.5. The minimum atomic E-state index is 0.480. The summed E-state index contributed by atoms with van der Waals surface area (Å²) in [7, 11) is 0. The average molecular weight is 241 g/mol. The molecule has 1 aromatic heterocycles. The van der Waals surface area contributed by atoms with Crippen LogP contribution in [0.2, 0.25) is 5.02 Å². The predicted octanol–water partition coefficient (Wildman–Crippen LogP) is 3.32. The average Bonchev–Trinajstić information content (AvgIpc) is 2.69. The van der Waals surface area contributed by atoms with E-state index in [0.29, 0.717) is 5.88 Å². The third-order valence-electron chi connectivity index (χ3n) is 2.20. The molecule has 0 aliphatic carbocycles. The Balaban J connectivity index is 2.18. The topological polar surface area (TPSA) is 17.8 Å². The third kappa shape index (κ3) is 2.52. The van der Waals surface area contributed by atoms with Crippen molar-refractivity contribution in [2.24, 2.45) is 0 Å². The molecule has 0 saturated heterocycles. The zero-order valence-corrected chi connectivity index (χ0v) is 9.54. The molecule has 0 N–H and O–H groups in total. The van der Waals surface area contributed by atoms with Crippen LogP contribution >= 0.6 is 23.2 Å². The van der Waals surface area contributed by atoms with E-state index in [0.717, 1.165) is 17.3 Å². The van der Waals surface area contributed by atoms with Crippen molar-refractivity contribution in [3.05, 3.63) is 53.1 Å². The SMILES string of the molecule is ClCc1cncn1Cc1ccc(Cl)cc1. The molecule has 0 aliphatic heterocycles. The Hall–Kier alpha value is -0.990. The van der Waals surface area contributed by atoms with Crippen LogP contribution in [0.1, 0.15) is 11.3 Å². The molecule has 0 unspecified atom stereocenters. The molecule has 0 radical (unpaired) electrons. The number of alkyl halides is 1. The minimum Gasteiger partial charge on any atom is -0.329 e. The molecule has 2 rings (SSSR count). The Bertz CT molecular complexity index is 434. The van der Waals surface area contributed by atoms with Crippen LogP contribution < -0.4 is 0 Å². The maximum Gasteiger partial charge on any atom is 0.0951 e. The van der Waals surface area contributed by atoms with E-state index in [1.165, 1.54) is 5.56 Å². The van der Waals surface area contributed by atoms with Crippen LogP contribution in [0.5, 0.6) is 0 Å². The van der Waals surface area contributed by atoms with Crippen LogP contribution in [-0.4, -0.2) is 9.55 Å². The maximum absolute atomic E-state index is 5.81. The number of nitrogens with zero attached hydrogens (tertiary/aromatic N) is 2. The van der Waals surface area contributed by atoms with Crippen molar-refractivity contribution in [3.8, 4) is 0 Å². The first kappa shape index (κ1) is 10.5. The smallest absolute Gasteiger partial charge is 0.0951 e. The molecule has 0 amide bonds. The Labute approximate surface area is 98.5 Å². The van der Waals surface area contributed by atoms with Gasteiger partial charge in [-0.3, -0.25) is 0 Å². The summed E-state index contributed by atoms with van der Waals surface area (Å²) in [5.41, 5.74) is 2.20. The quantitative estimate of drug-likeness (QED) is 0.753. The Morgan fingerprint density at radius 2 is 1.93 bits per heavy atom. The van der Waals surface area contributed by atoms with Crippen molar-refractivity contribution in [2.75, 3.05) is 0 Å². The molecule has 0 saturated carbocycles. The third-order valence-corrected chi connectivity index (χ3v) is 2.73. The van der Waals surface area contributed by atoms with Crippen molar-refractivity contribution in [1.29, 1.82) is 0 Å². The number of hydrogen-bond donors (Lipinski definition) is 0. The molecule has 4 heteroatoms. The lowest BCUT2D eigenvalue weighted by Gasteiger charge is -2.05. The van der Waals surface area contributed by atoms with Gasteiger partial charge in [-0.15, -0.1) is 11.6 Å². The summed E-state index contributed by atoms with van der Waals surface area (Å²) in [6, 6.07) is 7.77. The van der Waals surface area contributed by atoms with Crippen LogP contribution in [0.4, 0.5) is 0 Å². The van der Waals surface area contributed by atoms with Crippen molar-refractivity contribution < 1.29 is 0 Å². The largest absolute Gasteiger partial charge is 0.329 e. The predicted molar refractivity (Wildman–Crippen MR) is 62.3 cm³/mol. The number of aromatic nitrogens is 2. The van der Waals surface area contributed by atoms with Crippen molar-refractivity contribution in [1.82, 2.24) is 9.55 Å². The molecule has 0 bridgehead atoms. The van der Waals surface area contributed by atoms with Gasteiger partial charge in [0.25, 0.3) is 0 Å². The zero-order chi connectivity index (χ0) is 10.7. The minimum absolute atomic E-state index is 0.480. The Morgan fingerprint density at radius 1 is 1.20 bits per heavy atom. The summed E-state index contributed by atoms with van der Waals surface area (Å²) in [4.78, 5) is 4.06. The van der Waals surface area contributed by atoms with E-state index >= 15 is 0 Å². The van der Waals surface area contributed by atoms with Crippen LogP contribution in [0, 0.1) is 0 Å². The van der Waals surface area contributed by atoms with E-state index < -0.39 is 0 Å². The molecular formula is C11H10Cl2N2. The van der Waals surface area contributed by atoms with Gasteiger partial charge < -0.3 is 4.57 Å². The summed E-state index contributed by atoms with van der Waals surface area (Å²) in [5.74, 6) is 0.480. The number of benzene rings is 1. The fourth-order valence-electron chi connectivity index (χ4n) is 1.39. The summed E-state index contributed by atoms with van der Waals surface area (Å²) < 4.78 is 2.02. The lowest BCUT2D eigenvalue weighted by molar-refractivity contribution is 0.765. The summed E-state index contributed by atoms with van der Waals surface area (Å²) >= 11 is 11.6. The summed E-state index contributed by atoms with van der Waals surface area (Å²) in [5, 5.41) is 0.752. The molecule has 0 spiro atoms. The maximum atomic E-state index is 5.81. The highest BCUT2D eigenvalue weighted by molar-refractivity contribution is 6.30. The monoisotopic (exact) mass is 240 g/mol. The molecule has 1 heterocycles. The first-order valence-electron chi connectivity index (χ1n) is 4.59. The highest BCUT2D eigenvalue weighted by Gasteiger charge is 2.01. The second kappa shape index (κ2) is 4.69. The Morgan fingerprint density at radius 3 is 2.60 bits per heavy atom. The first-order valence-corrected chi connectivity index (χ1v) is 5.50. The van der Waals surface area contributed by atoms with Gasteiger partial charge in [0.05, 0.1) is 17.9 Å². The molecule has 0 aliphatic rings. The van der Waals surface area contributed by atoms with Gasteiger partial charge in [0, 0.05) is 17.8 Å². The fraction of sp³-hybridized carbons (Fsp3) is 0.182. The highest BCUT2D eigenvalue weighted by Crippen LogP contribution is 2.12.